The Morgan fingerprint density at radius 1 is 1.31 bits per heavy atom. The van der Waals surface area contributed by atoms with Crippen LogP contribution in [-0.4, -0.2) is 54.2 Å². The second kappa shape index (κ2) is 6.46. The number of halogens is 3. The summed E-state index contributed by atoms with van der Waals surface area (Å²) < 4.78 is 42.3. The van der Waals surface area contributed by atoms with Crippen LogP contribution in [0.3, 0.4) is 0 Å². The van der Waals surface area contributed by atoms with Gasteiger partial charge in [0.05, 0.1) is 5.56 Å². The summed E-state index contributed by atoms with van der Waals surface area (Å²) in [5.41, 5.74) is 0.843. The van der Waals surface area contributed by atoms with Crippen molar-refractivity contribution in [2.24, 2.45) is 5.92 Å². The lowest BCUT2D eigenvalue weighted by atomic mass is 9.84. The minimum Gasteiger partial charge on any atom is -0.424 e. The highest BCUT2D eigenvalue weighted by Gasteiger charge is 2.35. The van der Waals surface area contributed by atoms with Crippen molar-refractivity contribution in [3.8, 4) is 0 Å². The largest absolute Gasteiger partial charge is 0.424 e. The highest BCUT2D eigenvalue weighted by Crippen LogP contribution is 2.28. The normalized spacial score (nSPS) is 25.4. The van der Waals surface area contributed by atoms with Crippen molar-refractivity contribution in [1.29, 1.82) is 0 Å². The maximum Gasteiger partial charge on any atom is 0.405 e. The van der Waals surface area contributed by atoms with Gasteiger partial charge in [-0.2, -0.15) is 18.2 Å². The van der Waals surface area contributed by atoms with E-state index in [4.69, 9.17) is 4.42 Å². The van der Waals surface area contributed by atoms with Crippen molar-refractivity contribution in [2.45, 2.75) is 25.1 Å². The number of benzene rings is 1. The van der Waals surface area contributed by atoms with E-state index in [9.17, 15) is 18.0 Å². The number of nitrogens with one attached hydrogen (secondary N) is 2. The fraction of sp³-hybridized carbons (Fsp3) is 0.529. The fourth-order valence-electron chi connectivity index (χ4n) is 3.76. The van der Waals surface area contributed by atoms with E-state index in [1.54, 1.807) is 18.2 Å². The molecule has 0 spiro atoms. The van der Waals surface area contributed by atoms with Crippen LogP contribution in [0.1, 0.15) is 23.2 Å². The number of amides is 1. The molecule has 1 atom stereocenters. The Hall–Kier alpha value is -2.29. The van der Waals surface area contributed by atoms with E-state index in [0.29, 0.717) is 11.5 Å². The third-order valence-electron chi connectivity index (χ3n) is 5.08. The Labute approximate surface area is 147 Å². The molecule has 5 rings (SSSR count). The number of carbonyl (C=O) groups excluding carboxylic acids is 1. The molecule has 26 heavy (non-hydrogen) atoms. The van der Waals surface area contributed by atoms with Crippen LogP contribution in [0, 0.1) is 5.92 Å². The Morgan fingerprint density at radius 3 is 2.73 bits per heavy atom. The SMILES string of the molecule is O=C(NC1CN2CCC1CC2)c1cccc2oc(NCC(F)(F)F)nc12. The van der Waals surface area contributed by atoms with E-state index in [1.807, 2.05) is 0 Å². The molecule has 4 heterocycles. The van der Waals surface area contributed by atoms with Crippen LogP contribution in [0.25, 0.3) is 11.1 Å². The lowest BCUT2D eigenvalue weighted by Crippen LogP contribution is -2.57. The molecule has 2 N–H and O–H groups in total. The Morgan fingerprint density at radius 2 is 2.08 bits per heavy atom. The lowest BCUT2D eigenvalue weighted by Gasteiger charge is -2.44. The second-order valence-electron chi connectivity index (χ2n) is 6.86. The zero-order valence-corrected chi connectivity index (χ0v) is 14.0. The van der Waals surface area contributed by atoms with Crippen LogP contribution >= 0.6 is 0 Å². The second-order valence-corrected chi connectivity index (χ2v) is 6.86. The number of aromatic nitrogens is 1. The molecule has 3 aliphatic heterocycles. The average Bonchev–Trinajstić information content (AvgIpc) is 3.03. The van der Waals surface area contributed by atoms with Gasteiger partial charge < -0.3 is 20.0 Å². The summed E-state index contributed by atoms with van der Waals surface area (Å²) in [7, 11) is 0. The van der Waals surface area contributed by atoms with Gasteiger partial charge in [0.25, 0.3) is 11.9 Å². The number of rotatable bonds is 4. The van der Waals surface area contributed by atoms with Crippen LogP contribution in [0.4, 0.5) is 19.2 Å². The monoisotopic (exact) mass is 368 g/mol. The number of fused-ring (bicyclic) bond motifs is 4. The molecule has 0 aliphatic carbocycles. The lowest BCUT2D eigenvalue weighted by molar-refractivity contribution is -0.115. The molecule has 3 aliphatic rings. The van der Waals surface area contributed by atoms with Crippen molar-refractivity contribution in [2.75, 3.05) is 31.5 Å². The molecular formula is C17H19F3N4O2. The molecule has 3 fully saturated rings. The smallest absolute Gasteiger partial charge is 0.405 e. The number of oxazole rings is 1. The van der Waals surface area contributed by atoms with Crippen molar-refractivity contribution in [1.82, 2.24) is 15.2 Å². The maximum atomic E-state index is 12.7. The number of hydrogen-bond acceptors (Lipinski definition) is 5. The number of para-hydroxylation sites is 1. The number of carbonyl (C=O) groups is 1. The number of alkyl halides is 3. The quantitative estimate of drug-likeness (QED) is 0.868. The molecule has 140 valence electrons. The Balaban J connectivity index is 1.52. The van der Waals surface area contributed by atoms with E-state index in [2.05, 4.69) is 20.5 Å². The highest BCUT2D eigenvalue weighted by atomic mass is 19.4. The molecule has 0 radical (unpaired) electrons. The van der Waals surface area contributed by atoms with Gasteiger partial charge in [-0.3, -0.25) is 4.79 Å². The third kappa shape index (κ3) is 3.48. The predicted molar refractivity (Wildman–Crippen MR) is 89.0 cm³/mol. The minimum atomic E-state index is -4.38. The summed E-state index contributed by atoms with van der Waals surface area (Å²) in [4.78, 5) is 19.1. The molecule has 2 bridgehead atoms. The first-order valence-electron chi connectivity index (χ1n) is 8.62. The summed E-state index contributed by atoms with van der Waals surface area (Å²) in [5, 5.41) is 5.16. The van der Waals surface area contributed by atoms with Gasteiger partial charge in [0.1, 0.15) is 12.1 Å². The van der Waals surface area contributed by atoms with Gasteiger partial charge in [-0.15, -0.1) is 0 Å². The van der Waals surface area contributed by atoms with Crippen molar-refractivity contribution in [3.05, 3.63) is 23.8 Å². The van der Waals surface area contributed by atoms with Gasteiger partial charge >= 0.3 is 6.18 Å². The predicted octanol–water partition coefficient (Wildman–Crippen LogP) is 2.63. The van der Waals surface area contributed by atoms with Gasteiger partial charge in [-0.1, -0.05) is 6.07 Å². The first-order valence-corrected chi connectivity index (χ1v) is 8.62. The summed E-state index contributed by atoms with van der Waals surface area (Å²) in [5.74, 6) is 0.203. The summed E-state index contributed by atoms with van der Waals surface area (Å²) in [6, 6.07) is 4.66. The standard InChI is InChI=1S/C17H19F3N4O2/c18-17(19,20)9-21-16-23-14-11(2-1-3-13(14)26-16)15(25)22-12-8-24-6-4-10(12)5-7-24/h1-3,10,12H,4-9H2,(H,21,23)(H,22,25). The number of nitrogens with zero attached hydrogens (tertiary/aromatic N) is 2. The molecule has 1 amide bonds. The van der Waals surface area contributed by atoms with Crippen LogP contribution < -0.4 is 10.6 Å². The van der Waals surface area contributed by atoms with Gasteiger partial charge in [0.2, 0.25) is 0 Å². The van der Waals surface area contributed by atoms with Gasteiger partial charge in [0.15, 0.2) is 5.58 Å². The van der Waals surface area contributed by atoms with E-state index in [1.165, 1.54) is 0 Å². The number of piperidine rings is 3. The van der Waals surface area contributed by atoms with E-state index >= 15 is 0 Å². The highest BCUT2D eigenvalue weighted by molar-refractivity contribution is 6.04. The maximum absolute atomic E-state index is 12.7. The molecule has 1 unspecified atom stereocenters. The minimum absolute atomic E-state index is 0.0926. The Kier molecular flexibility index (Phi) is 4.26. The topological polar surface area (TPSA) is 70.4 Å². The molecule has 9 heteroatoms. The van der Waals surface area contributed by atoms with Crippen LogP contribution in [0.2, 0.25) is 0 Å². The molecule has 1 aromatic heterocycles. The van der Waals surface area contributed by atoms with E-state index in [-0.39, 0.29) is 29.1 Å². The van der Waals surface area contributed by atoms with Crippen LogP contribution in [0.5, 0.6) is 0 Å². The van der Waals surface area contributed by atoms with Crippen molar-refractivity contribution in [3.63, 3.8) is 0 Å². The number of hydrogen-bond donors (Lipinski definition) is 2. The zero-order chi connectivity index (χ0) is 18.3. The molecule has 6 nitrogen and oxygen atoms in total. The van der Waals surface area contributed by atoms with Crippen LogP contribution in [-0.2, 0) is 0 Å². The Bertz CT molecular complexity index is 812. The van der Waals surface area contributed by atoms with E-state index < -0.39 is 12.7 Å². The van der Waals surface area contributed by atoms with Crippen molar-refractivity contribution >= 4 is 23.0 Å². The molecule has 3 saturated heterocycles. The van der Waals surface area contributed by atoms with E-state index in [0.717, 1.165) is 32.5 Å². The van der Waals surface area contributed by atoms with Gasteiger partial charge in [0, 0.05) is 12.6 Å². The zero-order valence-electron chi connectivity index (χ0n) is 14.0. The van der Waals surface area contributed by atoms with Gasteiger partial charge in [-0.25, -0.2) is 0 Å². The molecule has 0 saturated carbocycles. The summed E-state index contributed by atoms with van der Waals surface area (Å²) in [6.45, 7) is 1.73. The first kappa shape index (κ1) is 17.1. The van der Waals surface area contributed by atoms with Crippen molar-refractivity contribution < 1.29 is 22.4 Å². The number of anilines is 1. The summed E-state index contributed by atoms with van der Waals surface area (Å²) >= 11 is 0. The molecule has 1 aromatic carbocycles. The van der Waals surface area contributed by atoms with Gasteiger partial charge in [-0.05, 0) is 44.0 Å². The third-order valence-corrected chi connectivity index (χ3v) is 5.08. The first-order chi connectivity index (χ1) is 12.4. The molecular weight excluding hydrogens is 349 g/mol. The average molecular weight is 368 g/mol. The fourth-order valence-corrected chi connectivity index (χ4v) is 3.76. The van der Waals surface area contributed by atoms with Crippen LogP contribution in [0.15, 0.2) is 22.6 Å². The molecule has 2 aromatic rings. The summed E-state index contributed by atoms with van der Waals surface area (Å²) in [6.07, 6.45) is -2.23.